The van der Waals surface area contributed by atoms with Crippen molar-refractivity contribution in [2.24, 2.45) is 0 Å². The van der Waals surface area contributed by atoms with Gasteiger partial charge in [-0.05, 0) is 42.5 Å². The Balaban J connectivity index is 1.28. The lowest BCUT2D eigenvalue weighted by Gasteiger charge is -2.18. The molecular formula is C26H27N3O4. The molecule has 2 amide bonds. The zero-order valence-electron chi connectivity index (χ0n) is 18.5. The molecule has 0 unspecified atom stereocenters. The molecule has 1 aliphatic rings. The van der Waals surface area contributed by atoms with Gasteiger partial charge >= 0.3 is 0 Å². The lowest BCUT2D eigenvalue weighted by atomic mass is 10.1. The van der Waals surface area contributed by atoms with E-state index in [1.165, 1.54) is 0 Å². The number of fused-ring (bicyclic) bond motifs is 1. The van der Waals surface area contributed by atoms with E-state index in [2.05, 4.69) is 21.6 Å². The maximum Gasteiger partial charge on any atom is 0.255 e. The van der Waals surface area contributed by atoms with Gasteiger partial charge in [0.25, 0.3) is 5.91 Å². The minimum absolute atomic E-state index is 0.0697. The molecule has 0 fully saturated rings. The molecule has 0 saturated heterocycles. The Kier molecular flexibility index (Phi) is 7.22. The summed E-state index contributed by atoms with van der Waals surface area (Å²) in [4.78, 5) is 27.2. The first kappa shape index (κ1) is 22.4. The standard InChI is InChI=1S/C26H27N3O4/c1-32-24-9-5-3-7-22(24)28-26(31)19-10-12-21(13-11-19)27-25(30)14-15-29-16-17-33-23-8-4-2-6-20(23)18-29/h2-13H,14-18H2,1H3,(H,27,30)(H,28,31). The summed E-state index contributed by atoms with van der Waals surface area (Å²) in [7, 11) is 1.56. The van der Waals surface area contributed by atoms with Crippen LogP contribution in [0.5, 0.6) is 11.5 Å². The smallest absolute Gasteiger partial charge is 0.255 e. The summed E-state index contributed by atoms with van der Waals surface area (Å²) in [5.74, 6) is 1.19. The first-order valence-corrected chi connectivity index (χ1v) is 10.9. The van der Waals surface area contributed by atoms with E-state index >= 15 is 0 Å². The van der Waals surface area contributed by atoms with Crippen LogP contribution in [0.3, 0.4) is 0 Å². The van der Waals surface area contributed by atoms with E-state index in [1.807, 2.05) is 30.3 Å². The van der Waals surface area contributed by atoms with Crippen molar-refractivity contribution in [1.29, 1.82) is 0 Å². The van der Waals surface area contributed by atoms with Crippen molar-refractivity contribution < 1.29 is 19.1 Å². The number of anilines is 2. The van der Waals surface area contributed by atoms with Gasteiger partial charge in [0.15, 0.2) is 0 Å². The molecule has 0 saturated carbocycles. The van der Waals surface area contributed by atoms with Crippen LogP contribution in [0, 0.1) is 0 Å². The van der Waals surface area contributed by atoms with Crippen LogP contribution in [0.25, 0.3) is 0 Å². The number of carbonyl (C=O) groups excluding carboxylic acids is 2. The van der Waals surface area contributed by atoms with Gasteiger partial charge in [0.1, 0.15) is 18.1 Å². The third-order valence-electron chi connectivity index (χ3n) is 5.47. The van der Waals surface area contributed by atoms with E-state index in [4.69, 9.17) is 9.47 Å². The van der Waals surface area contributed by atoms with Gasteiger partial charge < -0.3 is 20.1 Å². The van der Waals surface area contributed by atoms with Crippen LogP contribution >= 0.6 is 0 Å². The fourth-order valence-electron chi connectivity index (χ4n) is 3.70. The SMILES string of the molecule is COc1ccccc1NC(=O)c1ccc(NC(=O)CCN2CCOc3ccccc3C2)cc1. The third kappa shape index (κ3) is 5.90. The molecule has 3 aromatic rings. The van der Waals surface area contributed by atoms with Crippen molar-refractivity contribution in [3.63, 3.8) is 0 Å². The van der Waals surface area contributed by atoms with E-state index in [-0.39, 0.29) is 11.8 Å². The molecule has 1 heterocycles. The zero-order valence-corrected chi connectivity index (χ0v) is 18.5. The lowest BCUT2D eigenvalue weighted by Crippen LogP contribution is -2.29. The van der Waals surface area contributed by atoms with E-state index in [0.29, 0.717) is 42.3 Å². The largest absolute Gasteiger partial charge is 0.495 e. The van der Waals surface area contributed by atoms with Gasteiger partial charge in [-0.3, -0.25) is 14.5 Å². The fraction of sp³-hybridized carbons (Fsp3) is 0.231. The molecule has 0 spiro atoms. The highest BCUT2D eigenvalue weighted by molar-refractivity contribution is 6.05. The van der Waals surface area contributed by atoms with Crippen LogP contribution in [-0.4, -0.2) is 43.5 Å². The molecule has 0 bridgehead atoms. The van der Waals surface area contributed by atoms with Gasteiger partial charge in [0.05, 0.1) is 12.8 Å². The molecule has 0 aliphatic carbocycles. The van der Waals surface area contributed by atoms with Gasteiger partial charge in [0.2, 0.25) is 5.91 Å². The monoisotopic (exact) mass is 445 g/mol. The highest BCUT2D eigenvalue weighted by Gasteiger charge is 2.16. The van der Waals surface area contributed by atoms with E-state index in [1.54, 1.807) is 43.5 Å². The average Bonchev–Trinajstić information content (AvgIpc) is 3.05. The summed E-state index contributed by atoms with van der Waals surface area (Å²) in [6.07, 6.45) is 0.373. The van der Waals surface area contributed by atoms with Crippen LogP contribution in [0.15, 0.2) is 72.8 Å². The molecule has 3 aromatic carbocycles. The van der Waals surface area contributed by atoms with E-state index in [0.717, 1.165) is 24.4 Å². The maximum absolute atomic E-state index is 12.5. The highest BCUT2D eigenvalue weighted by Crippen LogP contribution is 2.24. The normalized spacial score (nSPS) is 13.2. The second-order valence-electron chi connectivity index (χ2n) is 7.76. The number of nitrogens with one attached hydrogen (secondary N) is 2. The Bertz CT molecular complexity index is 1110. The molecule has 0 aromatic heterocycles. The minimum atomic E-state index is -0.249. The predicted molar refractivity (Wildman–Crippen MR) is 128 cm³/mol. The Morgan fingerprint density at radius 2 is 1.73 bits per heavy atom. The molecule has 7 heteroatoms. The molecule has 2 N–H and O–H groups in total. The van der Waals surface area contributed by atoms with Crippen LogP contribution in [-0.2, 0) is 11.3 Å². The topological polar surface area (TPSA) is 79.9 Å². The average molecular weight is 446 g/mol. The maximum atomic E-state index is 12.5. The number of hydrogen-bond acceptors (Lipinski definition) is 5. The lowest BCUT2D eigenvalue weighted by molar-refractivity contribution is -0.116. The van der Waals surface area contributed by atoms with Crippen molar-refractivity contribution in [2.45, 2.75) is 13.0 Å². The summed E-state index contributed by atoms with van der Waals surface area (Å²) in [5.41, 5.74) is 2.88. The Morgan fingerprint density at radius 3 is 2.55 bits per heavy atom. The Hall–Kier alpha value is -3.84. The Morgan fingerprint density at radius 1 is 0.970 bits per heavy atom. The summed E-state index contributed by atoms with van der Waals surface area (Å²) in [6.45, 7) is 2.79. The van der Waals surface area contributed by atoms with Gasteiger partial charge in [-0.25, -0.2) is 0 Å². The van der Waals surface area contributed by atoms with Gasteiger partial charge in [-0.1, -0.05) is 30.3 Å². The van der Waals surface area contributed by atoms with Gasteiger partial charge in [-0.15, -0.1) is 0 Å². The highest BCUT2D eigenvalue weighted by atomic mass is 16.5. The molecule has 0 radical (unpaired) electrons. The number of rotatable bonds is 7. The van der Waals surface area contributed by atoms with Crippen LogP contribution in [0.4, 0.5) is 11.4 Å². The summed E-state index contributed by atoms with van der Waals surface area (Å²) in [5, 5.41) is 5.74. The molecule has 7 nitrogen and oxygen atoms in total. The molecule has 0 atom stereocenters. The number of hydrogen-bond donors (Lipinski definition) is 2. The van der Waals surface area contributed by atoms with Gasteiger partial charge in [0, 0.05) is 42.9 Å². The number of amides is 2. The first-order valence-electron chi connectivity index (χ1n) is 10.9. The number of methoxy groups -OCH3 is 1. The van der Waals surface area contributed by atoms with Crippen molar-refractivity contribution in [2.75, 3.05) is 37.4 Å². The number of carbonyl (C=O) groups is 2. The predicted octanol–water partition coefficient (Wildman–Crippen LogP) is 4.17. The molecule has 33 heavy (non-hydrogen) atoms. The zero-order chi connectivity index (χ0) is 23.0. The summed E-state index contributed by atoms with van der Waals surface area (Å²) in [6, 6.07) is 22.0. The molecular weight excluding hydrogens is 418 g/mol. The molecule has 1 aliphatic heterocycles. The number of para-hydroxylation sites is 3. The van der Waals surface area contributed by atoms with Crippen LogP contribution in [0.1, 0.15) is 22.3 Å². The van der Waals surface area contributed by atoms with Crippen LogP contribution < -0.4 is 20.1 Å². The number of ether oxygens (including phenoxy) is 2. The summed E-state index contributed by atoms with van der Waals surface area (Å²) < 4.78 is 11.0. The molecule has 170 valence electrons. The second-order valence-corrected chi connectivity index (χ2v) is 7.76. The number of nitrogens with zero attached hydrogens (tertiary/aromatic N) is 1. The van der Waals surface area contributed by atoms with Gasteiger partial charge in [-0.2, -0.15) is 0 Å². The van der Waals surface area contributed by atoms with E-state index in [9.17, 15) is 9.59 Å². The fourth-order valence-corrected chi connectivity index (χ4v) is 3.70. The Labute approximate surface area is 193 Å². The van der Waals surface area contributed by atoms with Crippen molar-refractivity contribution >= 4 is 23.2 Å². The van der Waals surface area contributed by atoms with E-state index < -0.39 is 0 Å². The van der Waals surface area contributed by atoms with Crippen molar-refractivity contribution in [3.05, 3.63) is 83.9 Å². The first-order chi connectivity index (χ1) is 16.1. The number of benzene rings is 3. The second kappa shape index (κ2) is 10.7. The van der Waals surface area contributed by atoms with Crippen molar-refractivity contribution in [1.82, 2.24) is 4.90 Å². The molecule has 4 rings (SSSR count). The summed E-state index contributed by atoms with van der Waals surface area (Å²) >= 11 is 0. The van der Waals surface area contributed by atoms with Crippen molar-refractivity contribution in [3.8, 4) is 11.5 Å². The quantitative estimate of drug-likeness (QED) is 0.571. The van der Waals surface area contributed by atoms with Crippen LogP contribution in [0.2, 0.25) is 0 Å². The third-order valence-corrected chi connectivity index (χ3v) is 5.47. The minimum Gasteiger partial charge on any atom is -0.495 e.